The van der Waals surface area contributed by atoms with E-state index in [1.807, 2.05) is 23.5 Å². The molecule has 4 saturated heterocycles. The van der Waals surface area contributed by atoms with Crippen molar-refractivity contribution >= 4 is 84.1 Å². The van der Waals surface area contributed by atoms with Crippen molar-refractivity contribution in [2.24, 2.45) is 0 Å². The minimum atomic E-state index is -0.156. The molecule has 24 nitrogen and oxygen atoms in total. The van der Waals surface area contributed by atoms with Crippen LogP contribution in [0.5, 0.6) is 0 Å². The van der Waals surface area contributed by atoms with E-state index in [1.54, 1.807) is 0 Å². The van der Waals surface area contributed by atoms with Crippen molar-refractivity contribution < 1.29 is 59.8 Å². The first-order valence-corrected chi connectivity index (χ1v) is 46.4. The van der Waals surface area contributed by atoms with Gasteiger partial charge in [0, 0.05) is 256 Å². The van der Waals surface area contributed by atoms with Crippen molar-refractivity contribution in [3.63, 3.8) is 0 Å². The molecule has 565 valence electrons. The number of hydrogen-bond donors (Lipinski definition) is 24. The van der Waals surface area contributed by atoms with E-state index in [1.165, 1.54) is 50.0 Å². The molecule has 35 heteroatoms. The monoisotopic (exact) mass is 1610 g/mol. The number of halogens is 6. The van der Waals surface area contributed by atoms with Crippen LogP contribution in [-0.4, -0.2) is 327 Å². The number of thioether (sulfide) groups is 2. The Morgan fingerprint density at radius 2 is 0.505 bits per heavy atom. The molecule has 0 spiro atoms. The van der Waals surface area contributed by atoms with E-state index in [0.717, 1.165) is 151 Å². The van der Waals surface area contributed by atoms with E-state index < -0.39 is 0 Å². The third-order valence-corrected chi connectivity index (χ3v) is 17.6. The van der Waals surface area contributed by atoms with Gasteiger partial charge < -0.3 is 127 Å². The van der Waals surface area contributed by atoms with Crippen LogP contribution in [0, 0.1) is 0 Å². The van der Waals surface area contributed by atoms with Crippen LogP contribution >= 0.6 is 84.1 Å². The molecule has 5 fully saturated rings. The number of rotatable bonds is 10. The van der Waals surface area contributed by atoms with E-state index >= 15 is 0 Å². The summed E-state index contributed by atoms with van der Waals surface area (Å²) in [5.74, 6) is 2.47. The average molecular weight is 1620 g/mol. The van der Waals surface area contributed by atoms with E-state index in [-0.39, 0.29) is 90.0 Å². The Labute approximate surface area is 617 Å². The molecule has 0 bridgehead atoms. The second-order valence-electron chi connectivity index (χ2n) is 23.5. The number of nitrogens with one attached hydrogen (secondary N) is 20. The van der Waals surface area contributed by atoms with Gasteiger partial charge in [0.1, 0.15) is 0 Å². The Balaban J connectivity index is 0. The minimum absolute atomic E-state index is 0.00694. The van der Waals surface area contributed by atoms with Crippen LogP contribution in [0.25, 0.3) is 0 Å². The Kier molecular flexibility index (Phi) is 81.9. The van der Waals surface area contributed by atoms with Gasteiger partial charge in [0.05, 0.1) is 26.4 Å². The van der Waals surface area contributed by atoms with Crippen LogP contribution in [0.2, 0.25) is 0 Å². The molecular weight excluding hydrogens is 1480 g/mol. The first kappa shape index (κ1) is 98.1. The van der Waals surface area contributed by atoms with Crippen LogP contribution in [0.15, 0.2) is 0 Å². The van der Waals surface area contributed by atoms with Crippen LogP contribution < -0.4 is 106 Å². The number of fused-ring (bicyclic) bond motifs is 1. The van der Waals surface area contributed by atoms with Gasteiger partial charge in [-0.3, -0.25) is 0 Å². The zero-order valence-electron chi connectivity index (χ0n) is 57.2. The second kappa shape index (κ2) is 77.6. The summed E-state index contributed by atoms with van der Waals surface area (Å²) in [4.78, 5) is 0. The van der Waals surface area contributed by atoms with Crippen LogP contribution in [0.3, 0.4) is 0 Å². The fourth-order valence-electron chi connectivity index (χ4n) is 10.2. The van der Waals surface area contributed by atoms with E-state index in [2.05, 4.69) is 147 Å². The van der Waals surface area contributed by atoms with Crippen molar-refractivity contribution in [2.75, 3.05) is 234 Å². The summed E-state index contributed by atoms with van der Waals surface area (Å²) < 4.78 is 0. The number of hydrogen-bond acceptors (Lipinski definition) is 26. The summed E-state index contributed by atoms with van der Waals surface area (Å²) in [6, 6.07) is 3.99. The maximum atomic E-state index is 9.43. The van der Waals surface area contributed by atoms with Crippen molar-refractivity contribution in [1.82, 2.24) is 106 Å². The molecule has 0 radical (unpaired) electrons. The molecule has 12 atom stereocenters. The van der Waals surface area contributed by atoms with E-state index in [0.29, 0.717) is 81.1 Å². The first-order chi connectivity index (χ1) is 45.4. The van der Waals surface area contributed by atoms with Gasteiger partial charge in [0.15, 0.2) is 0 Å². The summed E-state index contributed by atoms with van der Waals surface area (Å²) in [5.41, 5.74) is 0. The van der Waals surface area contributed by atoms with Gasteiger partial charge in [-0.1, -0.05) is 12.8 Å². The predicted octanol–water partition coefficient (Wildman–Crippen LogP) is -1.53. The summed E-state index contributed by atoms with van der Waals surface area (Å²) in [5, 5.41) is 107. The SMILES string of the molecule is CSCC[C@@H]1CNC2CCCCC2NC[C@@H](CCSC)NCCNCCN1.C[C@@H]1NCCNCCNCCNCCN[C@H]1C.C[C@@H]1NCCNCCNCCNCCN[C@H]1C.OC[C@@H]1CNCCN[C@@H](CO)CN[C@H](CO)CN[C@@H](CO)CN1.[Cl][Mn][Cl].[Cl][Mn][Cl].[Cl][Mn][Cl]. The van der Waals surface area contributed by atoms with Gasteiger partial charge >= 0.3 is 100.0 Å². The van der Waals surface area contributed by atoms with Crippen molar-refractivity contribution in [3.05, 3.63) is 0 Å². The fraction of sp³-hybridized carbons (Fsp3) is 1.00. The molecule has 2 unspecified atom stereocenters. The molecule has 24 N–H and O–H groups in total. The molecule has 5 aliphatic rings. The molecule has 93 heavy (non-hydrogen) atoms. The molecule has 0 aromatic heterocycles. The zero-order chi connectivity index (χ0) is 68.9. The van der Waals surface area contributed by atoms with Gasteiger partial charge in [-0.25, -0.2) is 0 Å². The van der Waals surface area contributed by atoms with Crippen LogP contribution in [0.1, 0.15) is 66.2 Å². The van der Waals surface area contributed by atoms with Gasteiger partial charge in [-0.2, -0.15) is 23.5 Å². The summed E-state index contributed by atoms with van der Waals surface area (Å²) in [6.07, 6.45) is 12.3. The Hall–Kier alpha value is 3.04. The number of aliphatic hydroxyl groups excluding tert-OH is 4. The Morgan fingerprint density at radius 1 is 0.290 bits per heavy atom. The van der Waals surface area contributed by atoms with Gasteiger partial charge in [-0.15, -0.1) is 0 Å². The molecule has 1 aliphatic carbocycles. The molecule has 5 rings (SSSR count). The van der Waals surface area contributed by atoms with Crippen LogP contribution in [0.4, 0.5) is 0 Å². The fourth-order valence-corrected chi connectivity index (χ4v) is 11.3. The molecule has 1 saturated carbocycles. The van der Waals surface area contributed by atoms with Crippen molar-refractivity contribution in [3.8, 4) is 0 Å². The van der Waals surface area contributed by atoms with Crippen LogP contribution in [-0.2, 0) is 39.4 Å². The number of aliphatic hydroxyl groups is 4. The Bertz CT molecular complexity index is 1360. The second-order valence-corrected chi connectivity index (χ2v) is 31.3. The Morgan fingerprint density at radius 3 is 0.774 bits per heavy atom. The first-order valence-electron chi connectivity index (χ1n) is 33.9. The quantitative estimate of drug-likeness (QED) is 0.110. The molecular formula is C58H134Cl6Mn3N20O4S2. The molecule has 4 heterocycles. The third-order valence-electron chi connectivity index (χ3n) is 16.3. The average Bonchev–Trinajstić information content (AvgIpc) is 2.21. The van der Waals surface area contributed by atoms with E-state index in [4.69, 9.17) is 60.6 Å². The van der Waals surface area contributed by atoms with Crippen molar-refractivity contribution in [1.29, 1.82) is 0 Å². The molecule has 0 aromatic rings. The topological polar surface area (TPSA) is 322 Å². The molecule has 4 aliphatic heterocycles. The van der Waals surface area contributed by atoms with Crippen molar-refractivity contribution in [2.45, 2.75) is 139 Å². The maximum absolute atomic E-state index is 9.43. The molecule has 0 aromatic carbocycles. The normalized spacial score (nSPS) is 29.5. The summed E-state index contributed by atoms with van der Waals surface area (Å²) in [7, 11) is 28.8. The standard InChI is InChI=1S/C20H43N5S2.C14H33N5O4.2C12H29N5.6ClH.3Mn/c1-26-13-7-17-15-24-19-5-3-4-6-20(19)25-16-18(8-14-27-2)23-12-10-21-9-11-22-17;20-7-11-3-15-1-2-16-12(8-21)4-18-14(10-23)6-19-13(9-22)5-17-11;2*1-11-12(2)17-10-8-15-6-4-13-3-5-14-7-9-16-11;;;;;;;;;/h17-25H,3-16H2,1-2H3;11-23H,1-10H2;2*11-17H,3-10H2,1-2H3;6*1H;;;/q;;;;;;;;;;3*+2/p-6/t17-,18-,19?,20?;11-,12+,13+,14-;2*11-,12-;;;;;;;;;/m1000........./s1. The summed E-state index contributed by atoms with van der Waals surface area (Å²) in [6.45, 7) is 35.6. The zero-order valence-corrected chi connectivity index (χ0v) is 66.9. The van der Waals surface area contributed by atoms with E-state index in [9.17, 15) is 20.4 Å². The predicted molar refractivity (Wildman–Crippen MR) is 395 cm³/mol. The van der Waals surface area contributed by atoms with Gasteiger partial charge in [0.25, 0.3) is 0 Å². The molecule has 0 amide bonds. The van der Waals surface area contributed by atoms with Gasteiger partial charge in [-0.05, 0) is 77.4 Å². The summed E-state index contributed by atoms with van der Waals surface area (Å²) >= 11 is 3.93. The third kappa shape index (κ3) is 64.4. The van der Waals surface area contributed by atoms with Gasteiger partial charge in [0.2, 0.25) is 0 Å².